The van der Waals surface area contributed by atoms with E-state index in [9.17, 15) is 4.79 Å². The largest absolute Gasteiger partial charge is 0.308 e. The van der Waals surface area contributed by atoms with E-state index in [2.05, 4.69) is 41.1 Å². The summed E-state index contributed by atoms with van der Waals surface area (Å²) < 4.78 is 0.999. The second kappa shape index (κ2) is 9.74. The molecule has 1 aromatic heterocycles. The van der Waals surface area contributed by atoms with Crippen LogP contribution in [0.25, 0.3) is 10.2 Å². The summed E-state index contributed by atoms with van der Waals surface area (Å²) in [4.78, 5) is 22.7. The maximum Gasteiger partial charge on any atom is 0.229 e. The number of halogens is 1. The summed E-state index contributed by atoms with van der Waals surface area (Å²) in [6.45, 7) is 3.46. The van der Waals surface area contributed by atoms with Crippen LogP contribution in [0.5, 0.6) is 0 Å². The van der Waals surface area contributed by atoms with Crippen molar-refractivity contribution in [1.82, 2.24) is 9.88 Å². The van der Waals surface area contributed by atoms with Gasteiger partial charge in [0, 0.05) is 30.2 Å². The van der Waals surface area contributed by atoms with E-state index in [4.69, 9.17) is 11.6 Å². The number of aryl methyl sites for hydroxylation is 1. The van der Waals surface area contributed by atoms with Crippen LogP contribution in [0.3, 0.4) is 0 Å². The van der Waals surface area contributed by atoms with Crippen molar-refractivity contribution in [2.75, 3.05) is 37.8 Å². The van der Waals surface area contributed by atoms with Crippen molar-refractivity contribution < 1.29 is 4.79 Å². The molecule has 0 radical (unpaired) electrons. The molecule has 4 nitrogen and oxygen atoms in total. The smallest absolute Gasteiger partial charge is 0.229 e. The second-order valence-corrected chi connectivity index (χ2v) is 9.43. The molecule has 0 spiro atoms. The number of hydrogen-bond donors (Lipinski definition) is 0. The molecular formula is C21H24ClN3OS2. The summed E-state index contributed by atoms with van der Waals surface area (Å²) in [6, 6.07) is 14.1. The standard InChI is InChI=1S/C21H24ClN3OS2/c1-15-7-9-16(10-8-15)27-14-11-19(26)25(13-12-24(2)3)21-23-20-17(22)5-4-6-18(20)28-21/h4-10H,11-14H2,1-3H3. The molecule has 3 aromatic rings. The Bertz CT molecular complexity index is 940. The summed E-state index contributed by atoms with van der Waals surface area (Å²) >= 11 is 9.49. The minimum absolute atomic E-state index is 0.0941. The summed E-state index contributed by atoms with van der Waals surface area (Å²) in [7, 11) is 4.01. The quantitative estimate of drug-likeness (QED) is 0.449. The lowest BCUT2D eigenvalue weighted by Gasteiger charge is -2.22. The first-order valence-electron chi connectivity index (χ1n) is 9.13. The Morgan fingerprint density at radius 1 is 1.14 bits per heavy atom. The molecule has 0 bridgehead atoms. The molecule has 1 amide bonds. The topological polar surface area (TPSA) is 36.4 Å². The van der Waals surface area contributed by atoms with Crippen LogP contribution in [-0.2, 0) is 4.79 Å². The fraction of sp³-hybridized carbons (Fsp3) is 0.333. The van der Waals surface area contributed by atoms with E-state index in [1.807, 2.05) is 32.3 Å². The lowest BCUT2D eigenvalue weighted by molar-refractivity contribution is -0.118. The zero-order chi connectivity index (χ0) is 20.1. The van der Waals surface area contributed by atoms with Gasteiger partial charge in [0.25, 0.3) is 0 Å². The predicted molar refractivity (Wildman–Crippen MR) is 122 cm³/mol. The van der Waals surface area contributed by atoms with Crippen LogP contribution >= 0.6 is 34.7 Å². The molecule has 3 rings (SSSR count). The van der Waals surface area contributed by atoms with Crippen molar-refractivity contribution in [1.29, 1.82) is 0 Å². The zero-order valence-electron chi connectivity index (χ0n) is 16.3. The Labute approximate surface area is 179 Å². The van der Waals surface area contributed by atoms with E-state index in [1.165, 1.54) is 21.8 Å². The molecule has 0 aliphatic carbocycles. The second-order valence-electron chi connectivity index (χ2n) is 6.84. The number of carbonyl (C=O) groups excluding carboxylic acids is 1. The van der Waals surface area contributed by atoms with Gasteiger partial charge in [-0.05, 0) is 45.3 Å². The SMILES string of the molecule is Cc1ccc(SCCC(=O)N(CCN(C)C)c2nc3c(Cl)cccc3s2)cc1. The van der Waals surface area contributed by atoms with Gasteiger partial charge < -0.3 is 4.90 Å². The Balaban J connectivity index is 1.71. The normalized spacial score (nSPS) is 11.3. The summed E-state index contributed by atoms with van der Waals surface area (Å²) in [5.74, 6) is 0.836. The number of hydrogen-bond acceptors (Lipinski definition) is 5. The molecular weight excluding hydrogens is 410 g/mol. The van der Waals surface area contributed by atoms with Gasteiger partial charge in [-0.1, -0.05) is 46.7 Å². The van der Waals surface area contributed by atoms with E-state index in [0.29, 0.717) is 18.0 Å². The number of para-hydroxylation sites is 1. The van der Waals surface area contributed by atoms with E-state index >= 15 is 0 Å². The van der Waals surface area contributed by atoms with Crippen molar-refractivity contribution in [3.8, 4) is 0 Å². The van der Waals surface area contributed by atoms with Crippen LogP contribution < -0.4 is 4.90 Å². The Hall–Kier alpha value is -1.60. The number of nitrogens with zero attached hydrogens (tertiary/aromatic N) is 3. The number of rotatable bonds is 8. The number of likely N-dealkylation sites (N-methyl/N-ethyl adjacent to an activating group) is 1. The van der Waals surface area contributed by atoms with Gasteiger partial charge in [0.15, 0.2) is 5.13 Å². The van der Waals surface area contributed by atoms with Gasteiger partial charge in [0.1, 0.15) is 5.52 Å². The molecule has 0 atom stereocenters. The Morgan fingerprint density at radius 3 is 2.57 bits per heavy atom. The Kier molecular flexibility index (Phi) is 7.35. The monoisotopic (exact) mass is 433 g/mol. The highest BCUT2D eigenvalue weighted by Gasteiger charge is 2.20. The van der Waals surface area contributed by atoms with Gasteiger partial charge >= 0.3 is 0 Å². The molecule has 148 valence electrons. The molecule has 28 heavy (non-hydrogen) atoms. The van der Waals surface area contributed by atoms with Crippen molar-refractivity contribution in [2.45, 2.75) is 18.2 Å². The summed E-state index contributed by atoms with van der Waals surface area (Å²) in [5, 5.41) is 1.34. The average Bonchev–Trinajstić information content (AvgIpc) is 3.08. The minimum Gasteiger partial charge on any atom is -0.308 e. The van der Waals surface area contributed by atoms with E-state index in [-0.39, 0.29) is 5.91 Å². The molecule has 7 heteroatoms. The third-order valence-corrected chi connectivity index (χ3v) is 6.63. The number of anilines is 1. The maximum atomic E-state index is 13.0. The number of amides is 1. The average molecular weight is 434 g/mol. The van der Waals surface area contributed by atoms with Gasteiger partial charge in [0.05, 0.1) is 9.72 Å². The van der Waals surface area contributed by atoms with Crippen LogP contribution in [0.15, 0.2) is 47.4 Å². The number of benzene rings is 2. The minimum atomic E-state index is 0.0941. The number of fused-ring (bicyclic) bond motifs is 1. The molecule has 0 unspecified atom stereocenters. The van der Waals surface area contributed by atoms with Crippen molar-refractivity contribution >= 4 is 56.0 Å². The fourth-order valence-corrected chi connectivity index (χ4v) is 4.82. The van der Waals surface area contributed by atoms with E-state index < -0.39 is 0 Å². The van der Waals surface area contributed by atoms with Gasteiger partial charge in [0.2, 0.25) is 5.91 Å². The third kappa shape index (κ3) is 5.47. The molecule has 0 aliphatic rings. The summed E-state index contributed by atoms with van der Waals surface area (Å²) in [6.07, 6.45) is 0.468. The molecule has 0 N–H and O–H groups in total. The lowest BCUT2D eigenvalue weighted by atomic mass is 10.2. The van der Waals surface area contributed by atoms with Crippen LogP contribution in [0, 0.1) is 6.92 Å². The van der Waals surface area contributed by atoms with Crippen LogP contribution in [0.2, 0.25) is 5.02 Å². The molecule has 0 fully saturated rings. The summed E-state index contributed by atoms with van der Waals surface area (Å²) in [5.41, 5.74) is 2.01. The molecule has 1 heterocycles. The number of aromatic nitrogens is 1. The Morgan fingerprint density at radius 2 is 1.89 bits per heavy atom. The lowest BCUT2D eigenvalue weighted by Crippen LogP contribution is -2.36. The molecule has 2 aromatic carbocycles. The van der Waals surface area contributed by atoms with Crippen molar-refractivity contribution in [2.24, 2.45) is 0 Å². The number of thioether (sulfide) groups is 1. The number of carbonyl (C=O) groups is 1. The van der Waals surface area contributed by atoms with E-state index in [1.54, 1.807) is 16.7 Å². The van der Waals surface area contributed by atoms with Gasteiger partial charge in [-0.3, -0.25) is 9.69 Å². The first-order valence-corrected chi connectivity index (χ1v) is 11.3. The highest BCUT2D eigenvalue weighted by atomic mass is 35.5. The predicted octanol–water partition coefficient (Wildman–Crippen LogP) is 5.34. The zero-order valence-corrected chi connectivity index (χ0v) is 18.7. The van der Waals surface area contributed by atoms with Gasteiger partial charge in [-0.15, -0.1) is 11.8 Å². The molecule has 0 aliphatic heterocycles. The van der Waals surface area contributed by atoms with Crippen LogP contribution in [0.1, 0.15) is 12.0 Å². The fourth-order valence-electron chi connectivity index (χ4n) is 2.67. The van der Waals surface area contributed by atoms with Crippen LogP contribution in [0.4, 0.5) is 5.13 Å². The van der Waals surface area contributed by atoms with Gasteiger partial charge in [-0.2, -0.15) is 0 Å². The van der Waals surface area contributed by atoms with Crippen molar-refractivity contribution in [3.63, 3.8) is 0 Å². The highest BCUT2D eigenvalue weighted by molar-refractivity contribution is 7.99. The first-order chi connectivity index (χ1) is 13.4. The first kappa shape index (κ1) is 21.1. The molecule has 0 saturated carbocycles. The molecule has 0 saturated heterocycles. The maximum absolute atomic E-state index is 13.0. The van der Waals surface area contributed by atoms with E-state index in [0.717, 1.165) is 27.6 Å². The van der Waals surface area contributed by atoms with Gasteiger partial charge in [-0.25, -0.2) is 4.98 Å². The third-order valence-electron chi connectivity index (χ3n) is 4.27. The highest BCUT2D eigenvalue weighted by Crippen LogP contribution is 2.33. The van der Waals surface area contributed by atoms with Crippen molar-refractivity contribution in [3.05, 3.63) is 53.1 Å². The number of thiazole rings is 1. The van der Waals surface area contributed by atoms with Crippen LogP contribution in [-0.4, -0.2) is 48.7 Å².